The highest BCUT2D eigenvalue weighted by Gasteiger charge is 2.48. The summed E-state index contributed by atoms with van der Waals surface area (Å²) in [5.41, 5.74) is 1.39. The van der Waals surface area contributed by atoms with E-state index in [9.17, 15) is 24.0 Å². The lowest BCUT2D eigenvalue weighted by Crippen LogP contribution is -2.48. The molecule has 1 N–H and O–H groups in total. The van der Waals surface area contributed by atoms with Crippen LogP contribution in [0.15, 0.2) is 72.8 Å². The average Bonchev–Trinajstić information content (AvgIpc) is 3.27. The normalized spacial score (nSPS) is 18.1. The minimum absolute atomic E-state index is 0.0140. The summed E-state index contributed by atoms with van der Waals surface area (Å²) in [6.07, 6.45) is -0.631. The Hall–Kier alpha value is -4.15. The number of rotatable bonds is 15. The second kappa shape index (κ2) is 15.6. The highest BCUT2D eigenvalue weighted by molar-refractivity contribution is 6.04. The van der Waals surface area contributed by atoms with Crippen LogP contribution in [0.3, 0.4) is 0 Å². The first-order valence-corrected chi connectivity index (χ1v) is 13.5. The Morgan fingerprint density at radius 2 is 1.66 bits per heavy atom. The second-order valence-electron chi connectivity index (χ2n) is 9.63. The molecule has 0 aliphatic carbocycles. The summed E-state index contributed by atoms with van der Waals surface area (Å²) in [7, 11) is 0. The first kappa shape index (κ1) is 31.4. The minimum Gasteiger partial charge on any atom is -0.453 e. The Morgan fingerprint density at radius 3 is 2.29 bits per heavy atom. The van der Waals surface area contributed by atoms with Crippen molar-refractivity contribution in [1.29, 1.82) is 0 Å². The standard InChI is InChI=1S/C31H35NO9/c1-21-28(24-12-7-4-8-13-24)41-31(38)32(21)30(37)26(20-23-10-5-3-6-11-23)29(40-22(2)34)27(36)16-15-25(35)14-9-18-39-19-17-33/h3-8,10-13,15-16,21,26,28-29,33H,9,14,17-20H2,1-2H3/t21-,26+,28-,29-/m0/s1. The van der Waals surface area contributed by atoms with E-state index in [1.807, 2.05) is 6.07 Å². The van der Waals surface area contributed by atoms with Crippen LogP contribution < -0.4 is 0 Å². The summed E-state index contributed by atoms with van der Waals surface area (Å²) in [6, 6.07) is 17.1. The lowest BCUT2D eigenvalue weighted by atomic mass is 9.89. The molecule has 2 aromatic rings. The van der Waals surface area contributed by atoms with E-state index in [2.05, 4.69) is 0 Å². The smallest absolute Gasteiger partial charge is 0.417 e. The van der Waals surface area contributed by atoms with E-state index in [0.29, 0.717) is 17.5 Å². The molecule has 4 atom stereocenters. The number of hydrogen-bond acceptors (Lipinski definition) is 9. The highest BCUT2D eigenvalue weighted by Crippen LogP contribution is 2.34. The third-order valence-electron chi connectivity index (χ3n) is 6.57. The van der Waals surface area contributed by atoms with Gasteiger partial charge in [0.2, 0.25) is 5.91 Å². The van der Waals surface area contributed by atoms with Gasteiger partial charge in [-0.1, -0.05) is 60.7 Å². The van der Waals surface area contributed by atoms with Crippen molar-refractivity contribution in [3.8, 4) is 0 Å². The number of aliphatic hydroxyl groups excluding tert-OH is 1. The molecule has 0 unspecified atom stereocenters. The fraction of sp³-hybridized carbons (Fsp3) is 0.387. The molecule has 1 aliphatic rings. The zero-order chi connectivity index (χ0) is 29.8. The lowest BCUT2D eigenvalue weighted by Gasteiger charge is -2.28. The van der Waals surface area contributed by atoms with E-state index in [1.165, 1.54) is 0 Å². The molecule has 1 aliphatic heterocycles. The highest BCUT2D eigenvalue weighted by atomic mass is 16.6. The number of benzene rings is 2. The van der Waals surface area contributed by atoms with E-state index in [0.717, 1.165) is 24.0 Å². The summed E-state index contributed by atoms with van der Waals surface area (Å²) in [4.78, 5) is 65.7. The maximum absolute atomic E-state index is 14.0. The van der Waals surface area contributed by atoms with Gasteiger partial charge in [0.15, 0.2) is 17.7 Å². The third-order valence-corrected chi connectivity index (χ3v) is 6.57. The zero-order valence-electron chi connectivity index (χ0n) is 23.1. The van der Waals surface area contributed by atoms with E-state index >= 15 is 0 Å². The molecule has 0 aromatic heterocycles. The molecule has 3 rings (SSSR count). The van der Waals surface area contributed by atoms with Crippen LogP contribution in [-0.2, 0) is 39.8 Å². The van der Waals surface area contributed by atoms with Crippen LogP contribution in [-0.4, -0.2) is 71.5 Å². The Kier molecular flexibility index (Phi) is 11.9. The molecule has 218 valence electrons. The lowest BCUT2D eigenvalue weighted by molar-refractivity contribution is -0.158. The quantitative estimate of drug-likeness (QED) is 0.196. The fourth-order valence-electron chi connectivity index (χ4n) is 4.60. The molecule has 2 amide bonds. The summed E-state index contributed by atoms with van der Waals surface area (Å²) >= 11 is 0. The summed E-state index contributed by atoms with van der Waals surface area (Å²) in [5.74, 6) is -3.93. The number of carbonyl (C=O) groups is 5. The Balaban J connectivity index is 1.86. The predicted octanol–water partition coefficient (Wildman–Crippen LogP) is 3.37. The van der Waals surface area contributed by atoms with Gasteiger partial charge in [-0.2, -0.15) is 0 Å². The van der Waals surface area contributed by atoms with Gasteiger partial charge in [0, 0.05) is 20.0 Å². The summed E-state index contributed by atoms with van der Waals surface area (Å²) in [5, 5.41) is 8.75. The van der Waals surface area contributed by atoms with Crippen molar-refractivity contribution in [1.82, 2.24) is 4.90 Å². The maximum atomic E-state index is 14.0. The Bertz CT molecular complexity index is 1230. The van der Waals surface area contributed by atoms with Crippen LogP contribution in [0, 0.1) is 5.92 Å². The monoisotopic (exact) mass is 565 g/mol. The number of nitrogens with zero attached hydrogens (tertiary/aromatic N) is 1. The molecule has 10 nitrogen and oxygen atoms in total. The largest absolute Gasteiger partial charge is 0.453 e. The van der Waals surface area contributed by atoms with Gasteiger partial charge in [0.25, 0.3) is 0 Å². The van der Waals surface area contributed by atoms with Crippen molar-refractivity contribution in [2.45, 2.75) is 51.4 Å². The first-order valence-electron chi connectivity index (χ1n) is 13.5. The predicted molar refractivity (Wildman–Crippen MR) is 147 cm³/mol. The van der Waals surface area contributed by atoms with Crippen LogP contribution in [0.5, 0.6) is 0 Å². The Labute approximate surface area is 238 Å². The van der Waals surface area contributed by atoms with Crippen molar-refractivity contribution < 1.29 is 43.3 Å². The molecule has 1 heterocycles. The number of hydrogen-bond donors (Lipinski definition) is 1. The zero-order valence-corrected chi connectivity index (χ0v) is 23.1. The molecule has 1 saturated heterocycles. The van der Waals surface area contributed by atoms with Gasteiger partial charge in [0.05, 0.1) is 25.2 Å². The SMILES string of the molecule is CC(=O)O[C@H](C(=O)C=CC(=O)CCCOCCO)[C@@H](Cc1ccccc1)C(=O)N1C(=O)O[C@H](c2ccccc2)[C@@H]1C. The third kappa shape index (κ3) is 8.92. The van der Waals surface area contributed by atoms with Crippen molar-refractivity contribution in [2.24, 2.45) is 5.92 Å². The number of ether oxygens (including phenoxy) is 3. The van der Waals surface area contributed by atoms with Gasteiger partial charge >= 0.3 is 12.1 Å². The number of ketones is 2. The van der Waals surface area contributed by atoms with Gasteiger partial charge in [-0.15, -0.1) is 0 Å². The van der Waals surface area contributed by atoms with Crippen LogP contribution in [0.25, 0.3) is 0 Å². The molecule has 0 radical (unpaired) electrons. The summed E-state index contributed by atoms with van der Waals surface area (Å²) < 4.78 is 16.0. The molecule has 0 bridgehead atoms. The number of amides is 2. The van der Waals surface area contributed by atoms with Gasteiger partial charge in [-0.25, -0.2) is 9.69 Å². The van der Waals surface area contributed by atoms with Crippen molar-refractivity contribution >= 4 is 29.5 Å². The van der Waals surface area contributed by atoms with Gasteiger partial charge < -0.3 is 19.3 Å². The van der Waals surface area contributed by atoms with E-state index < -0.39 is 47.9 Å². The number of allylic oxidation sites excluding steroid dienone is 1. The van der Waals surface area contributed by atoms with Crippen molar-refractivity contribution in [3.05, 3.63) is 83.9 Å². The molecule has 0 saturated carbocycles. The molecular formula is C31H35NO9. The average molecular weight is 566 g/mol. The first-order chi connectivity index (χ1) is 19.7. The number of imide groups is 1. The van der Waals surface area contributed by atoms with Gasteiger partial charge in [-0.05, 0) is 43.0 Å². The van der Waals surface area contributed by atoms with Crippen LogP contribution in [0.2, 0.25) is 0 Å². The second-order valence-corrected chi connectivity index (χ2v) is 9.63. The number of aliphatic hydroxyl groups is 1. The van der Waals surface area contributed by atoms with E-state index in [1.54, 1.807) is 61.5 Å². The fourth-order valence-corrected chi connectivity index (χ4v) is 4.60. The van der Waals surface area contributed by atoms with E-state index in [4.69, 9.17) is 19.3 Å². The molecule has 0 spiro atoms. The molecular weight excluding hydrogens is 530 g/mol. The van der Waals surface area contributed by atoms with Crippen molar-refractivity contribution in [3.63, 3.8) is 0 Å². The van der Waals surface area contributed by atoms with Crippen LogP contribution in [0.1, 0.15) is 43.9 Å². The Morgan fingerprint density at radius 1 is 1.00 bits per heavy atom. The molecule has 1 fully saturated rings. The number of cyclic esters (lactones) is 1. The summed E-state index contributed by atoms with van der Waals surface area (Å²) in [6.45, 7) is 3.10. The van der Waals surface area contributed by atoms with E-state index in [-0.39, 0.29) is 38.4 Å². The van der Waals surface area contributed by atoms with Gasteiger partial charge in [-0.3, -0.25) is 19.2 Å². The number of esters is 1. The van der Waals surface area contributed by atoms with Crippen LogP contribution >= 0.6 is 0 Å². The van der Waals surface area contributed by atoms with Crippen LogP contribution in [0.4, 0.5) is 4.79 Å². The number of carbonyl (C=O) groups excluding carboxylic acids is 5. The van der Waals surface area contributed by atoms with Crippen molar-refractivity contribution in [2.75, 3.05) is 19.8 Å². The maximum Gasteiger partial charge on any atom is 0.417 e. The topological polar surface area (TPSA) is 137 Å². The van der Waals surface area contributed by atoms with Gasteiger partial charge in [0.1, 0.15) is 6.10 Å². The minimum atomic E-state index is -1.59. The molecule has 41 heavy (non-hydrogen) atoms. The molecule has 10 heteroatoms. The molecule has 2 aromatic carbocycles.